The average molecular weight is 596 g/mol. The lowest BCUT2D eigenvalue weighted by atomic mass is 9.80. The molecule has 0 bridgehead atoms. The van der Waals surface area contributed by atoms with Crippen molar-refractivity contribution in [2.24, 2.45) is 23.1 Å². The number of anilines is 1. The molecule has 5 rings (SSSR count). The van der Waals surface area contributed by atoms with Crippen molar-refractivity contribution < 1.29 is 27.2 Å². The minimum atomic E-state index is -4.84. The van der Waals surface area contributed by atoms with Gasteiger partial charge >= 0.3 is 6.18 Å². The predicted molar refractivity (Wildman–Crippen MR) is 150 cm³/mol. The standard InChI is InChI=1S/C30H29F4N7O2/c31-22-8-6-19(29(37,11-10-17-4-5-17)20-7-9-23(27(36)42)38-16-20)13-24(22)39-28(43)25-14-26(30(32,33)34)40-41(25)21-3-1-2-18(12-21)15-35/h1-3,6-9,12-14,16-17H,4-5,10-11,15,35,37H2,(H2,36,42)(H,39,43). The molecule has 224 valence electrons. The highest BCUT2D eigenvalue weighted by atomic mass is 19.4. The van der Waals surface area contributed by atoms with Crippen LogP contribution in [0.4, 0.5) is 23.2 Å². The number of hydrogen-bond acceptors (Lipinski definition) is 6. The highest BCUT2D eigenvalue weighted by Crippen LogP contribution is 2.40. The van der Waals surface area contributed by atoms with Gasteiger partial charge in [0.25, 0.3) is 11.8 Å². The summed E-state index contributed by atoms with van der Waals surface area (Å²) in [7, 11) is 0. The Labute approximate surface area is 244 Å². The third kappa shape index (κ3) is 6.42. The molecule has 9 nitrogen and oxygen atoms in total. The van der Waals surface area contributed by atoms with Crippen molar-refractivity contribution in [3.8, 4) is 5.69 Å². The minimum Gasteiger partial charge on any atom is -0.364 e. The van der Waals surface area contributed by atoms with Crippen LogP contribution >= 0.6 is 0 Å². The van der Waals surface area contributed by atoms with E-state index in [4.69, 9.17) is 17.2 Å². The number of primary amides is 1. The summed E-state index contributed by atoms with van der Waals surface area (Å²) in [5, 5.41) is 6.01. The highest BCUT2D eigenvalue weighted by molar-refractivity contribution is 6.03. The van der Waals surface area contributed by atoms with Crippen LogP contribution in [0.5, 0.6) is 0 Å². The van der Waals surface area contributed by atoms with E-state index in [0.29, 0.717) is 35.1 Å². The molecule has 2 aromatic heterocycles. The van der Waals surface area contributed by atoms with Crippen molar-refractivity contribution in [1.29, 1.82) is 0 Å². The van der Waals surface area contributed by atoms with Crippen LogP contribution in [0, 0.1) is 11.7 Å². The Kier molecular flexibility index (Phi) is 8.04. The molecule has 4 aromatic rings. The van der Waals surface area contributed by atoms with Gasteiger partial charge in [0.2, 0.25) is 0 Å². The highest BCUT2D eigenvalue weighted by Gasteiger charge is 2.37. The number of aromatic nitrogens is 3. The van der Waals surface area contributed by atoms with Crippen molar-refractivity contribution >= 4 is 17.5 Å². The zero-order valence-corrected chi connectivity index (χ0v) is 22.9. The zero-order valence-electron chi connectivity index (χ0n) is 22.9. The summed E-state index contributed by atoms with van der Waals surface area (Å²) in [6, 6.07) is 13.8. The summed E-state index contributed by atoms with van der Waals surface area (Å²) in [6.07, 6.45) is -0.0399. The number of carbonyl (C=O) groups is 2. The lowest BCUT2D eigenvalue weighted by molar-refractivity contribution is -0.141. The number of nitrogens with zero attached hydrogens (tertiary/aromatic N) is 3. The first-order chi connectivity index (χ1) is 20.4. The number of nitrogens with one attached hydrogen (secondary N) is 1. The second-order valence-corrected chi connectivity index (χ2v) is 10.6. The van der Waals surface area contributed by atoms with E-state index in [2.05, 4.69) is 15.4 Å². The van der Waals surface area contributed by atoms with E-state index >= 15 is 4.39 Å². The minimum absolute atomic E-state index is 0.0483. The van der Waals surface area contributed by atoms with Crippen LogP contribution in [-0.2, 0) is 18.3 Å². The third-order valence-corrected chi connectivity index (χ3v) is 7.53. The number of amides is 2. The molecule has 2 heterocycles. The molecule has 43 heavy (non-hydrogen) atoms. The van der Waals surface area contributed by atoms with Crippen LogP contribution in [-0.4, -0.2) is 26.6 Å². The Bertz CT molecular complexity index is 1670. The van der Waals surface area contributed by atoms with Gasteiger partial charge in [-0.05, 0) is 65.8 Å². The Morgan fingerprint density at radius 3 is 2.40 bits per heavy atom. The number of nitrogens with two attached hydrogens (primary N) is 3. The predicted octanol–water partition coefficient (Wildman–Crippen LogP) is 4.63. The summed E-state index contributed by atoms with van der Waals surface area (Å²) < 4.78 is 56.8. The maximum absolute atomic E-state index is 15.1. The molecule has 1 aliphatic carbocycles. The van der Waals surface area contributed by atoms with E-state index in [0.717, 1.165) is 30.0 Å². The van der Waals surface area contributed by atoms with Gasteiger partial charge in [-0.25, -0.2) is 9.07 Å². The lowest BCUT2D eigenvalue weighted by Crippen LogP contribution is -2.38. The van der Waals surface area contributed by atoms with Gasteiger partial charge < -0.3 is 22.5 Å². The molecule has 1 fully saturated rings. The smallest absolute Gasteiger partial charge is 0.364 e. The van der Waals surface area contributed by atoms with Gasteiger partial charge in [-0.15, -0.1) is 0 Å². The van der Waals surface area contributed by atoms with E-state index in [1.54, 1.807) is 18.2 Å². The van der Waals surface area contributed by atoms with Crippen molar-refractivity contribution in [3.05, 3.63) is 106 Å². The normalized spacial score (nSPS) is 14.7. The Balaban J connectivity index is 1.52. The van der Waals surface area contributed by atoms with E-state index in [1.165, 1.54) is 36.5 Å². The fourth-order valence-electron chi connectivity index (χ4n) is 4.88. The van der Waals surface area contributed by atoms with Gasteiger partial charge in [-0.1, -0.05) is 37.1 Å². The summed E-state index contributed by atoms with van der Waals surface area (Å²) in [5.41, 5.74) is 16.5. The molecule has 1 unspecified atom stereocenters. The van der Waals surface area contributed by atoms with Gasteiger partial charge in [-0.3, -0.25) is 14.6 Å². The molecular formula is C30H29F4N7O2. The van der Waals surface area contributed by atoms with Crippen LogP contribution in [0.1, 0.15) is 69.0 Å². The van der Waals surface area contributed by atoms with Gasteiger partial charge in [-0.2, -0.15) is 18.3 Å². The van der Waals surface area contributed by atoms with E-state index in [1.807, 2.05) is 0 Å². The Morgan fingerprint density at radius 1 is 1.02 bits per heavy atom. The first kappa shape index (κ1) is 29.9. The topological polar surface area (TPSA) is 155 Å². The van der Waals surface area contributed by atoms with E-state index in [-0.39, 0.29) is 23.6 Å². The summed E-state index contributed by atoms with van der Waals surface area (Å²) in [6.45, 7) is 0.114. The van der Waals surface area contributed by atoms with Gasteiger partial charge in [0.05, 0.1) is 16.9 Å². The number of rotatable bonds is 10. The number of benzene rings is 2. The molecule has 1 aliphatic rings. The number of halogens is 4. The molecule has 0 spiro atoms. The SMILES string of the molecule is NCc1cccc(-n2nc(C(F)(F)F)cc2C(=O)Nc2cc(C(N)(CCC3CC3)c3ccc(C(N)=O)nc3)ccc2F)c1. The number of pyridine rings is 1. The second kappa shape index (κ2) is 11.6. The molecule has 2 amide bonds. The number of carbonyl (C=O) groups excluding carboxylic acids is 2. The van der Waals surface area contributed by atoms with Crippen molar-refractivity contribution in [3.63, 3.8) is 0 Å². The second-order valence-electron chi connectivity index (χ2n) is 10.6. The molecule has 0 aliphatic heterocycles. The quantitative estimate of drug-likeness (QED) is 0.196. The van der Waals surface area contributed by atoms with E-state index < -0.39 is 40.7 Å². The fourth-order valence-corrected chi connectivity index (χ4v) is 4.88. The third-order valence-electron chi connectivity index (χ3n) is 7.53. The Hall–Kier alpha value is -4.62. The van der Waals surface area contributed by atoms with Crippen molar-refractivity contribution in [2.45, 2.75) is 43.9 Å². The van der Waals surface area contributed by atoms with Crippen molar-refractivity contribution in [2.75, 3.05) is 5.32 Å². The molecule has 2 aromatic carbocycles. The first-order valence-electron chi connectivity index (χ1n) is 13.5. The largest absolute Gasteiger partial charge is 0.435 e. The summed E-state index contributed by atoms with van der Waals surface area (Å²) >= 11 is 0. The lowest BCUT2D eigenvalue weighted by Gasteiger charge is -2.31. The summed E-state index contributed by atoms with van der Waals surface area (Å²) in [4.78, 5) is 29.0. The molecule has 1 atom stereocenters. The molecule has 0 radical (unpaired) electrons. The van der Waals surface area contributed by atoms with Crippen LogP contribution in [0.15, 0.2) is 66.9 Å². The van der Waals surface area contributed by atoms with Gasteiger partial charge in [0.15, 0.2) is 5.69 Å². The molecular weight excluding hydrogens is 566 g/mol. The van der Waals surface area contributed by atoms with Crippen LogP contribution in [0.2, 0.25) is 0 Å². The fraction of sp³-hybridized carbons (Fsp3) is 0.267. The van der Waals surface area contributed by atoms with Crippen LogP contribution in [0.25, 0.3) is 5.69 Å². The van der Waals surface area contributed by atoms with Crippen LogP contribution in [0.3, 0.4) is 0 Å². The van der Waals surface area contributed by atoms with Crippen LogP contribution < -0.4 is 22.5 Å². The number of alkyl halides is 3. The molecule has 7 N–H and O–H groups in total. The van der Waals surface area contributed by atoms with E-state index in [9.17, 15) is 22.8 Å². The molecule has 13 heteroatoms. The van der Waals surface area contributed by atoms with Crippen molar-refractivity contribution in [1.82, 2.24) is 14.8 Å². The first-order valence-corrected chi connectivity index (χ1v) is 13.5. The summed E-state index contributed by atoms with van der Waals surface area (Å²) in [5.74, 6) is -2.05. The average Bonchev–Trinajstić information content (AvgIpc) is 3.70. The zero-order chi connectivity index (χ0) is 30.9. The molecule has 1 saturated carbocycles. The monoisotopic (exact) mass is 595 g/mol. The number of hydrogen-bond donors (Lipinski definition) is 4. The Morgan fingerprint density at radius 2 is 1.77 bits per heavy atom. The maximum Gasteiger partial charge on any atom is 0.435 e. The molecule has 0 saturated heterocycles. The van der Waals surface area contributed by atoms with Gasteiger partial charge in [0.1, 0.15) is 17.2 Å². The maximum atomic E-state index is 15.1. The van der Waals surface area contributed by atoms with Gasteiger partial charge in [0, 0.05) is 18.8 Å².